The number of nitrogens with zero attached hydrogens (tertiary/aromatic N) is 2. The third kappa shape index (κ3) is 2.46. The first kappa shape index (κ1) is 12.8. The van der Waals surface area contributed by atoms with Gasteiger partial charge in [0, 0.05) is 5.69 Å². The minimum atomic E-state index is -4.33. The molecule has 0 spiro atoms. The molecule has 2 nitrogen and oxygen atoms in total. The van der Waals surface area contributed by atoms with Crippen LogP contribution in [-0.4, -0.2) is 9.78 Å². The second kappa shape index (κ2) is 3.64. The zero-order chi connectivity index (χ0) is 12.0. The van der Waals surface area contributed by atoms with Crippen LogP contribution >= 0.6 is 22.6 Å². The maximum atomic E-state index is 12.7. The lowest BCUT2D eigenvalue weighted by atomic mass is 10.1. The molecule has 0 amide bonds. The molecule has 15 heavy (non-hydrogen) atoms. The molecule has 0 aliphatic heterocycles. The highest BCUT2D eigenvalue weighted by Crippen LogP contribution is 2.36. The van der Waals surface area contributed by atoms with Gasteiger partial charge in [0.05, 0.1) is 5.54 Å². The number of hydrogen-bond acceptors (Lipinski definition) is 1. The molecule has 0 saturated heterocycles. The van der Waals surface area contributed by atoms with Crippen molar-refractivity contribution >= 4 is 22.6 Å². The molecule has 0 saturated carbocycles. The topological polar surface area (TPSA) is 17.8 Å². The van der Waals surface area contributed by atoms with E-state index in [-0.39, 0.29) is 9.39 Å². The predicted octanol–water partition coefficient (Wildman–Crippen LogP) is 3.57. The summed E-state index contributed by atoms with van der Waals surface area (Å²) in [6.45, 7) is 6.92. The molecule has 0 radical (unpaired) electrons. The first-order valence-corrected chi connectivity index (χ1v) is 5.46. The predicted molar refractivity (Wildman–Crippen MR) is 59.7 cm³/mol. The maximum Gasteiger partial charge on any atom is 0.420 e. The summed E-state index contributed by atoms with van der Waals surface area (Å²) in [5, 5.41) is 3.93. The Morgan fingerprint density at radius 2 is 1.67 bits per heavy atom. The molecule has 6 heteroatoms. The van der Waals surface area contributed by atoms with Gasteiger partial charge >= 0.3 is 6.18 Å². The average molecular weight is 332 g/mol. The Kier molecular flexibility index (Phi) is 3.10. The van der Waals surface area contributed by atoms with Crippen molar-refractivity contribution in [1.29, 1.82) is 0 Å². The molecule has 0 aliphatic rings. The summed E-state index contributed by atoms with van der Waals surface area (Å²) in [5.74, 6) is 0. The Bertz CT molecular complexity index is 374. The Hall–Kier alpha value is -0.270. The van der Waals surface area contributed by atoms with E-state index in [1.54, 1.807) is 22.6 Å². The molecule has 1 rings (SSSR count). The second-order valence-corrected chi connectivity index (χ2v) is 5.35. The molecule has 1 aromatic heterocycles. The van der Waals surface area contributed by atoms with Crippen molar-refractivity contribution in [2.75, 3.05) is 0 Å². The second-order valence-electron chi connectivity index (χ2n) is 4.33. The van der Waals surface area contributed by atoms with Gasteiger partial charge in [-0.15, -0.1) is 0 Å². The molecule has 86 valence electrons. The summed E-state index contributed by atoms with van der Waals surface area (Å²) < 4.78 is 39.4. The van der Waals surface area contributed by atoms with Gasteiger partial charge in [-0.1, -0.05) is 0 Å². The van der Waals surface area contributed by atoms with Crippen LogP contribution in [0.2, 0.25) is 0 Å². The summed E-state index contributed by atoms with van der Waals surface area (Å²) in [6, 6.07) is 0. The molecule has 0 aliphatic carbocycles. The molecule has 1 heterocycles. The molecule has 0 unspecified atom stereocenters. The summed E-state index contributed by atoms with van der Waals surface area (Å²) in [5.41, 5.74) is -0.898. The van der Waals surface area contributed by atoms with Crippen molar-refractivity contribution in [3.63, 3.8) is 0 Å². The van der Waals surface area contributed by atoms with Gasteiger partial charge in [0.15, 0.2) is 0 Å². The van der Waals surface area contributed by atoms with Gasteiger partial charge in [-0.05, 0) is 50.3 Å². The fourth-order valence-corrected chi connectivity index (χ4v) is 2.36. The van der Waals surface area contributed by atoms with E-state index in [4.69, 9.17) is 0 Å². The molecule has 0 fully saturated rings. The van der Waals surface area contributed by atoms with Crippen LogP contribution in [0.15, 0.2) is 0 Å². The molecule has 0 atom stereocenters. The van der Waals surface area contributed by atoms with E-state index in [0.29, 0.717) is 0 Å². The normalized spacial score (nSPS) is 13.3. The highest BCUT2D eigenvalue weighted by Gasteiger charge is 2.39. The van der Waals surface area contributed by atoms with Crippen LogP contribution < -0.4 is 0 Å². The van der Waals surface area contributed by atoms with Crippen LogP contribution in [0.25, 0.3) is 0 Å². The van der Waals surface area contributed by atoms with Gasteiger partial charge in [-0.25, -0.2) is 0 Å². The molecule has 0 bridgehead atoms. The number of aromatic nitrogens is 2. The first-order chi connectivity index (χ1) is 6.55. The monoisotopic (exact) mass is 332 g/mol. The van der Waals surface area contributed by atoms with E-state index >= 15 is 0 Å². The Balaban J connectivity index is 3.41. The Morgan fingerprint density at radius 1 is 1.20 bits per heavy atom. The number of hydrogen-bond donors (Lipinski definition) is 0. The van der Waals surface area contributed by atoms with E-state index in [9.17, 15) is 13.2 Å². The standard InChI is InChI=1S/C9H12F3IN2/c1-5-6(9(10,11)12)7(13)14-15(5)8(2,3)4/h1-4H3. The van der Waals surface area contributed by atoms with Gasteiger partial charge in [0.2, 0.25) is 0 Å². The highest BCUT2D eigenvalue weighted by molar-refractivity contribution is 14.1. The Labute approximate surface area is 100.0 Å². The number of alkyl halides is 3. The number of rotatable bonds is 0. The average Bonchev–Trinajstić information content (AvgIpc) is 2.22. The van der Waals surface area contributed by atoms with E-state index in [0.717, 1.165) is 0 Å². The van der Waals surface area contributed by atoms with Crippen molar-refractivity contribution in [2.45, 2.75) is 39.4 Å². The van der Waals surface area contributed by atoms with Crippen molar-refractivity contribution in [3.05, 3.63) is 15.0 Å². The molecular formula is C9H12F3IN2. The van der Waals surface area contributed by atoms with Gasteiger partial charge in [-0.3, -0.25) is 4.68 Å². The first-order valence-electron chi connectivity index (χ1n) is 4.38. The fraction of sp³-hybridized carbons (Fsp3) is 0.667. The SMILES string of the molecule is Cc1c(C(F)(F)F)c(I)nn1C(C)(C)C. The largest absolute Gasteiger partial charge is 0.420 e. The third-order valence-corrected chi connectivity index (χ3v) is 2.75. The van der Waals surface area contributed by atoms with Crippen LogP contribution in [0.4, 0.5) is 13.2 Å². The number of halogens is 4. The van der Waals surface area contributed by atoms with Crippen molar-refractivity contribution in [2.24, 2.45) is 0 Å². The van der Waals surface area contributed by atoms with Crippen molar-refractivity contribution < 1.29 is 13.2 Å². The van der Waals surface area contributed by atoms with Crippen LogP contribution in [0.3, 0.4) is 0 Å². The van der Waals surface area contributed by atoms with Gasteiger partial charge < -0.3 is 0 Å². The van der Waals surface area contributed by atoms with Crippen LogP contribution in [0, 0.1) is 10.6 Å². The zero-order valence-electron chi connectivity index (χ0n) is 8.91. The van der Waals surface area contributed by atoms with E-state index in [1.807, 2.05) is 20.8 Å². The van der Waals surface area contributed by atoms with Crippen LogP contribution in [-0.2, 0) is 11.7 Å². The van der Waals surface area contributed by atoms with Crippen molar-refractivity contribution in [3.8, 4) is 0 Å². The van der Waals surface area contributed by atoms with E-state index < -0.39 is 17.3 Å². The smallest absolute Gasteiger partial charge is 0.263 e. The lowest BCUT2D eigenvalue weighted by molar-refractivity contribution is -0.138. The van der Waals surface area contributed by atoms with Gasteiger partial charge in [0.1, 0.15) is 9.26 Å². The van der Waals surface area contributed by atoms with E-state index in [2.05, 4.69) is 5.10 Å². The van der Waals surface area contributed by atoms with Crippen LogP contribution in [0.5, 0.6) is 0 Å². The summed E-state index contributed by atoms with van der Waals surface area (Å²) in [7, 11) is 0. The minimum absolute atomic E-state index is 0.00697. The molecule has 0 N–H and O–H groups in total. The van der Waals surface area contributed by atoms with E-state index in [1.165, 1.54) is 11.6 Å². The zero-order valence-corrected chi connectivity index (χ0v) is 11.1. The summed E-state index contributed by atoms with van der Waals surface area (Å²) in [6.07, 6.45) is -4.33. The lowest BCUT2D eigenvalue weighted by Crippen LogP contribution is -2.24. The van der Waals surface area contributed by atoms with Crippen LogP contribution in [0.1, 0.15) is 32.0 Å². The highest BCUT2D eigenvalue weighted by atomic mass is 127. The minimum Gasteiger partial charge on any atom is -0.263 e. The molecular weight excluding hydrogens is 320 g/mol. The molecule has 0 aromatic carbocycles. The fourth-order valence-electron chi connectivity index (χ4n) is 1.44. The van der Waals surface area contributed by atoms with Gasteiger partial charge in [-0.2, -0.15) is 18.3 Å². The molecule has 1 aromatic rings. The lowest BCUT2D eigenvalue weighted by Gasteiger charge is -2.21. The summed E-state index contributed by atoms with van der Waals surface area (Å²) >= 11 is 1.62. The van der Waals surface area contributed by atoms with Crippen molar-refractivity contribution in [1.82, 2.24) is 9.78 Å². The quantitative estimate of drug-likeness (QED) is 0.664. The summed E-state index contributed by atoms with van der Waals surface area (Å²) in [4.78, 5) is 0. The maximum absolute atomic E-state index is 12.7. The third-order valence-electron chi connectivity index (χ3n) is 1.99. The van der Waals surface area contributed by atoms with Gasteiger partial charge in [0.25, 0.3) is 0 Å². The Morgan fingerprint density at radius 3 is 1.87 bits per heavy atom.